The fourth-order valence-electron chi connectivity index (χ4n) is 2.76. The fourth-order valence-corrected chi connectivity index (χ4v) is 2.76. The van der Waals surface area contributed by atoms with Crippen molar-refractivity contribution in [3.8, 4) is 34.5 Å². The summed E-state index contributed by atoms with van der Waals surface area (Å²) >= 11 is 0. The summed E-state index contributed by atoms with van der Waals surface area (Å²) in [5.74, 6) is 0.916. The van der Waals surface area contributed by atoms with Gasteiger partial charge in [0.2, 0.25) is 11.7 Å². The average molecular weight is 414 g/mol. The second kappa shape index (κ2) is 9.59. The summed E-state index contributed by atoms with van der Waals surface area (Å²) in [6.07, 6.45) is 1.71. The number of methoxy groups -OCH3 is 2. The van der Waals surface area contributed by atoms with Crippen molar-refractivity contribution in [2.24, 2.45) is 0 Å². The Morgan fingerprint density at radius 3 is 2.70 bits per heavy atom. The molecule has 30 heavy (non-hydrogen) atoms. The molecule has 0 spiro atoms. The third-order valence-electron chi connectivity index (χ3n) is 4.17. The number of ether oxygens (including phenoxy) is 3. The van der Waals surface area contributed by atoms with E-state index in [1.165, 1.54) is 0 Å². The fraction of sp³-hybridized carbons (Fsp3) is 0.300. The summed E-state index contributed by atoms with van der Waals surface area (Å²) in [6.45, 7) is 1.76. The van der Waals surface area contributed by atoms with Crippen LogP contribution in [0.3, 0.4) is 0 Å². The third-order valence-corrected chi connectivity index (χ3v) is 4.17. The van der Waals surface area contributed by atoms with Crippen LogP contribution in [0.1, 0.15) is 6.92 Å². The number of amides is 1. The van der Waals surface area contributed by atoms with Crippen molar-refractivity contribution in [2.45, 2.75) is 13.5 Å². The minimum atomic E-state index is -0.491. The monoisotopic (exact) mass is 414 g/mol. The molecule has 0 aliphatic rings. The predicted octanol–water partition coefficient (Wildman–Crippen LogP) is 1.90. The Bertz CT molecular complexity index is 1030. The quantitative estimate of drug-likeness (QED) is 0.528. The predicted molar refractivity (Wildman–Crippen MR) is 106 cm³/mol. The molecule has 1 amide bonds. The number of nitrogens with zero attached hydrogens (tertiary/aromatic N) is 3. The number of hydrogen-bond acceptors (Lipinski definition) is 8. The first-order chi connectivity index (χ1) is 14.5. The Kier molecular flexibility index (Phi) is 6.68. The number of aromatic nitrogens is 3. The molecule has 10 heteroatoms. The first kappa shape index (κ1) is 20.9. The van der Waals surface area contributed by atoms with Gasteiger partial charge >= 0.3 is 5.97 Å². The molecule has 0 saturated heterocycles. The van der Waals surface area contributed by atoms with Crippen LogP contribution in [-0.4, -0.2) is 54.0 Å². The maximum Gasteiger partial charge on any atom is 0.325 e. The Morgan fingerprint density at radius 1 is 1.17 bits per heavy atom. The highest BCUT2D eigenvalue weighted by atomic mass is 16.5. The zero-order chi connectivity index (χ0) is 21.5. The van der Waals surface area contributed by atoms with Gasteiger partial charge < -0.3 is 28.6 Å². The highest BCUT2D eigenvalue weighted by Crippen LogP contribution is 2.32. The number of rotatable bonds is 9. The van der Waals surface area contributed by atoms with Gasteiger partial charge in [0.1, 0.15) is 18.8 Å². The molecular weight excluding hydrogens is 392 g/mol. The number of esters is 1. The van der Waals surface area contributed by atoms with E-state index < -0.39 is 5.97 Å². The van der Waals surface area contributed by atoms with Gasteiger partial charge in [0.05, 0.1) is 20.8 Å². The van der Waals surface area contributed by atoms with Gasteiger partial charge in [-0.1, -0.05) is 5.16 Å². The molecule has 0 fully saturated rings. The van der Waals surface area contributed by atoms with Crippen molar-refractivity contribution >= 4 is 11.9 Å². The standard InChI is InChI=1S/C20H22N4O6/c1-4-29-18(26)11-21-17(25)12-24-9-5-6-14(24)20-22-19(23-30-20)13-7-8-15(27-2)16(10-13)28-3/h5-10H,4,11-12H2,1-3H3,(H,21,25). The average Bonchev–Trinajstić information content (AvgIpc) is 3.41. The number of carbonyl (C=O) groups excluding carboxylic acids is 2. The molecule has 1 aromatic carbocycles. The van der Waals surface area contributed by atoms with Crippen LogP contribution in [0.4, 0.5) is 0 Å². The van der Waals surface area contributed by atoms with Crippen molar-refractivity contribution in [3.05, 3.63) is 36.5 Å². The minimum absolute atomic E-state index is 0.0180. The van der Waals surface area contributed by atoms with E-state index in [9.17, 15) is 9.59 Å². The zero-order valence-electron chi connectivity index (χ0n) is 16.9. The van der Waals surface area contributed by atoms with Gasteiger partial charge in [0, 0.05) is 11.8 Å². The van der Waals surface area contributed by atoms with Crippen LogP contribution in [0.25, 0.3) is 23.0 Å². The summed E-state index contributed by atoms with van der Waals surface area (Å²) in [6, 6.07) is 8.80. The maximum absolute atomic E-state index is 12.1. The van der Waals surface area contributed by atoms with E-state index in [0.717, 1.165) is 0 Å². The molecule has 3 rings (SSSR count). The molecule has 0 radical (unpaired) electrons. The van der Waals surface area contributed by atoms with E-state index in [-0.39, 0.29) is 31.5 Å². The van der Waals surface area contributed by atoms with Gasteiger partial charge in [-0.15, -0.1) is 0 Å². The molecule has 0 unspecified atom stereocenters. The van der Waals surface area contributed by atoms with Crippen molar-refractivity contribution in [2.75, 3.05) is 27.4 Å². The first-order valence-electron chi connectivity index (χ1n) is 9.19. The topological polar surface area (TPSA) is 118 Å². The van der Waals surface area contributed by atoms with E-state index in [1.54, 1.807) is 62.2 Å². The highest BCUT2D eigenvalue weighted by Gasteiger charge is 2.17. The van der Waals surface area contributed by atoms with Gasteiger partial charge in [-0.25, -0.2) is 0 Å². The summed E-state index contributed by atoms with van der Waals surface area (Å²) in [5, 5.41) is 6.53. The third kappa shape index (κ3) is 4.77. The lowest BCUT2D eigenvalue weighted by molar-refractivity contribution is -0.143. The van der Waals surface area contributed by atoms with Crippen molar-refractivity contribution in [1.82, 2.24) is 20.0 Å². The van der Waals surface area contributed by atoms with E-state index in [0.29, 0.717) is 28.6 Å². The molecular formula is C20H22N4O6. The second-order valence-corrected chi connectivity index (χ2v) is 6.10. The second-order valence-electron chi connectivity index (χ2n) is 6.10. The first-order valence-corrected chi connectivity index (χ1v) is 9.19. The van der Waals surface area contributed by atoms with Crippen LogP contribution < -0.4 is 14.8 Å². The van der Waals surface area contributed by atoms with Gasteiger partial charge in [-0.2, -0.15) is 4.98 Å². The van der Waals surface area contributed by atoms with Crippen LogP contribution >= 0.6 is 0 Å². The van der Waals surface area contributed by atoms with E-state index in [2.05, 4.69) is 15.5 Å². The van der Waals surface area contributed by atoms with E-state index in [4.69, 9.17) is 18.7 Å². The van der Waals surface area contributed by atoms with Gasteiger partial charge in [-0.3, -0.25) is 9.59 Å². The molecule has 0 aliphatic carbocycles. The van der Waals surface area contributed by atoms with Gasteiger partial charge in [-0.05, 0) is 37.3 Å². The van der Waals surface area contributed by atoms with E-state index >= 15 is 0 Å². The molecule has 0 atom stereocenters. The molecule has 0 aliphatic heterocycles. The Hall–Kier alpha value is -3.82. The van der Waals surface area contributed by atoms with Crippen molar-refractivity contribution in [1.29, 1.82) is 0 Å². The van der Waals surface area contributed by atoms with Crippen LogP contribution in [0, 0.1) is 0 Å². The summed E-state index contributed by atoms with van der Waals surface area (Å²) < 4.78 is 22.4. The molecule has 1 N–H and O–H groups in total. The van der Waals surface area contributed by atoms with Gasteiger partial charge in [0.15, 0.2) is 11.5 Å². The maximum atomic E-state index is 12.1. The van der Waals surface area contributed by atoms with Crippen molar-refractivity contribution < 1.29 is 28.3 Å². The molecule has 3 aromatic rings. The van der Waals surface area contributed by atoms with Crippen LogP contribution in [0.2, 0.25) is 0 Å². The van der Waals surface area contributed by atoms with Gasteiger partial charge in [0.25, 0.3) is 5.89 Å². The lowest BCUT2D eigenvalue weighted by Crippen LogP contribution is -2.33. The molecule has 158 valence electrons. The summed E-state index contributed by atoms with van der Waals surface area (Å²) in [5.41, 5.74) is 1.26. The van der Waals surface area contributed by atoms with Crippen molar-refractivity contribution in [3.63, 3.8) is 0 Å². The summed E-state index contributed by atoms with van der Waals surface area (Å²) in [4.78, 5) is 27.9. The van der Waals surface area contributed by atoms with Crippen LogP contribution in [-0.2, 0) is 20.9 Å². The SMILES string of the molecule is CCOC(=O)CNC(=O)Cn1cccc1-c1nc(-c2ccc(OC)c(OC)c2)no1. The lowest BCUT2D eigenvalue weighted by Gasteiger charge is -2.08. The zero-order valence-corrected chi connectivity index (χ0v) is 16.9. The smallest absolute Gasteiger partial charge is 0.325 e. The number of carbonyl (C=O) groups is 2. The molecule has 0 bridgehead atoms. The Labute approximate surface area is 172 Å². The largest absolute Gasteiger partial charge is 0.493 e. The molecule has 2 heterocycles. The Balaban J connectivity index is 1.73. The number of hydrogen-bond donors (Lipinski definition) is 1. The molecule has 2 aromatic heterocycles. The number of benzene rings is 1. The van der Waals surface area contributed by atoms with E-state index in [1.807, 2.05) is 0 Å². The normalized spacial score (nSPS) is 10.5. The van der Waals surface area contributed by atoms with Crippen LogP contribution in [0.5, 0.6) is 11.5 Å². The highest BCUT2D eigenvalue weighted by molar-refractivity contribution is 5.82. The Morgan fingerprint density at radius 2 is 1.97 bits per heavy atom. The summed E-state index contributed by atoms with van der Waals surface area (Å²) in [7, 11) is 3.10. The molecule has 0 saturated carbocycles. The minimum Gasteiger partial charge on any atom is -0.493 e. The number of nitrogens with one attached hydrogen (secondary N) is 1. The van der Waals surface area contributed by atoms with Crippen LogP contribution in [0.15, 0.2) is 41.1 Å². The lowest BCUT2D eigenvalue weighted by atomic mass is 10.2. The molecule has 10 nitrogen and oxygen atoms in total.